The first-order valence-electron chi connectivity index (χ1n) is 7.65. The number of nitrogens with zero attached hydrogens (tertiary/aromatic N) is 1. The molecule has 1 atom stereocenters. The third-order valence-corrected chi connectivity index (χ3v) is 4.54. The van der Waals surface area contributed by atoms with Crippen LogP contribution < -0.4 is 10.9 Å². The molecule has 0 bridgehead atoms. The average molecular weight is 276 g/mol. The van der Waals surface area contributed by atoms with Crippen LogP contribution in [0.4, 0.5) is 5.69 Å². The number of aromatic nitrogens is 1. The van der Waals surface area contributed by atoms with Crippen LogP contribution in [0.3, 0.4) is 0 Å². The molecule has 0 amide bonds. The van der Waals surface area contributed by atoms with Crippen LogP contribution in [0.5, 0.6) is 0 Å². The fourth-order valence-electron chi connectivity index (χ4n) is 3.53. The molecule has 2 aliphatic rings. The third-order valence-electron chi connectivity index (χ3n) is 4.54. The van der Waals surface area contributed by atoms with Gasteiger partial charge in [-0.25, -0.2) is 0 Å². The quantitative estimate of drug-likeness (QED) is 0.923. The maximum atomic E-state index is 12.6. The maximum absolute atomic E-state index is 12.6. The van der Waals surface area contributed by atoms with Gasteiger partial charge in [-0.05, 0) is 45.2 Å². The lowest BCUT2D eigenvalue weighted by atomic mass is 9.70. The van der Waals surface area contributed by atoms with Gasteiger partial charge < -0.3 is 14.6 Å². The molecule has 3 rings (SSSR count). The van der Waals surface area contributed by atoms with Gasteiger partial charge in [-0.1, -0.05) is 6.42 Å². The summed E-state index contributed by atoms with van der Waals surface area (Å²) in [6.45, 7) is 5.86. The molecule has 20 heavy (non-hydrogen) atoms. The molecule has 1 saturated carbocycles. The molecule has 4 heteroatoms. The van der Waals surface area contributed by atoms with Crippen LogP contribution in [0.1, 0.15) is 45.6 Å². The number of nitrogens with one attached hydrogen (secondary N) is 1. The van der Waals surface area contributed by atoms with Crippen molar-refractivity contribution < 1.29 is 4.74 Å². The summed E-state index contributed by atoms with van der Waals surface area (Å²) in [5, 5.41) is 3.24. The highest BCUT2D eigenvalue weighted by molar-refractivity contribution is 5.41. The topological polar surface area (TPSA) is 43.3 Å². The molecule has 1 aromatic rings. The summed E-state index contributed by atoms with van der Waals surface area (Å²) in [5.41, 5.74) is 1.18. The van der Waals surface area contributed by atoms with Gasteiger partial charge in [-0.3, -0.25) is 4.79 Å². The molecule has 1 aromatic heterocycles. The summed E-state index contributed by atoms with van der Waals surface area (Å²) < 4.78 is 7.34. The minimum absolute atomic E-state index is 0.114. The van der Waals surface area contributed by atoms with Crippen LogP contribution in [0.25, 0.3) is 0 Å². The van der Waals surface area contributed by atoms with Crippen molar-refractivity contribution in [2.75, 3.05) is 18.5 Å². The van der Waals surface area contributed by atoms with Crippen molar-refractivity contribution in [3.63, 3.8) is 0 Å². The van der Waals surface area contributed by atoms with E-state index < -0.39 is 0 Å². The minimum Gasteiger partial charge on any atom is -0.380 e. The van der Waals surface area contributed by atoms with Gasteiger partial charge in [0, 0.05) is 23.7 Å². The highest BCUT2D eigenvalue weighted by Gasteiger charge is 2.43. The fraction of sp³-hybridized carbons (Fsp3) is 0.688. The maximum Gasteiger partial charge on any atom is 0.274 e. The summed E-state index contributed by atoms with van der Waals surface area (Å²) in [5.74, 6) is 0. The number of ether oxygens (including phenoxy) is 1. The number of pyridine rings is 1. The van der Waals surface area contributed by atoms with Crippen molar-refractivity contribution >= 4 is 5.69 Å². The van der Waals surface area contributed by atoms with Gasteiger partial charge in [0.05, 0.1) is 13.2 Å². The second-order valence-corrected chi connectivity index (χ2v) is 6.68. The molecule has 0 radical (unpaired) electrons. The predicted molar refractivity (Wildman–Crippen MR) is 80.2 cm³/mol. The summed E-state index contributed by atoms with van der Waals surface area (Å²) in [6.07, 6.45) is 6.58. The molecular weight excluding hydrogens is 252 g/mol. The fourth-order valence-corrected chi connectivity index (χ4v) is 3.53. The van der Waals surface area contributed by atoms with E-state index in [1.807, 2.05) is 22.9 Å². The Morgan fingerprint density at radius 2 is 2.25 bits per heavy atom. The van der Waals surface area contributed by atoms with Crippen LogP contribution in [-0.2, 0) is 4.74 Å². The Bertz CT molecular complexity index is 532. The number of hydrogen-bond acceptors (Lipinski definition) is 3. The van der Waals surface area contributed by atoms with E-state index in [1.165, 1.54) is 12.8 Å². The lowest BCUT2D eigenvalue weighted by Crippen LogP contribution is -2.47. The smallest absolute Gasteiger partial charge is 0.274 e. The van der Waals surface area contributed by atoms with E-state index in [4.69, 9.17) is 4.74 Å². The van der Waals surface area contributed by atoms with Crippen LogP contribution in [0, 0.1) is 5.41 Å². The van der Waals surface area contributed by atoms with Crippen LogP contribution >= 0.6 is 0 Å². The Hall–Kier alpha value is -1.29. The van der Waals surface area contributed by atoms with E-state index in [-0.39, 0.29) is 11.6 Å². The van der Waals surface area contributed by atoms with Crippen molar-refractivity contribution in [2.45, 2.75) is 51.6 Å². The molecule has 1 N–H and O–H groups in total. The standard InChI is InChI=1S/C16H24N2O2/c1-12(2)17-14-6-4-8-18(15(14)19)13-5-3-7-16(9-13)10-20-11-16/h4,6,8,12-13,17H,3,5,7,9-11H2,1-2H3. The second kappa shape index (κ2) is 5.24. The zero-order valence-corrected chi connectivity index (χ0v) is 12.4. The zero-order chi connectivity index (χ0) is 14.2. The van der Waals surface area contributed by atoms with Crippen molar-refractivity contribution in [3.8, 4) is 0 Å². The van der Waals surface area contributed by atoms with Gasteiger partial charge in [0.15, 0.2) is 0 Å². The van der Waals surface area contributed by atoms with Crippen LogP contribution in [-0.4, -0.2) is 23.8 Å². The van der Waals surface area contributed by atoms with Crippen molar-refractivity contribution in [3.05, 3.63) is 28.7 Å². The van der Waals surface area contributed by atoms with Crippen molar-refractivity contribution in [1.82, 2.24) is 4.57 Å². The molecule has 1 aliphatic heterocycles. The molecular formula is C16H24N2O2. The summed E-state index contributed by atoms with van der Waals surface area (Å²) >= 11 is 0. The van der Waals surface area contributed by atoms with Gasteiger partial charge >= 0.3 is 0 Å². The summed E-state index contributed by atoms with van der Waals surface area (Å²) in [6, 6.07) is 4.46. The molecule has 1 unspecified atom stereocenters. The average Bonchev–Trinajstić information content (AvgIpc) is 2.39. The first-order valence-corrected chi connectivity index (χ1v) is 7.65. The van der Waals surface area contributed by atoms with E-state index in [9.17, 15) is 4.79 Å². The summed E-state index contributed by atoms with van der Waals surface area (Å²) in [7, 11) is 0. The first kappa shape index (κ1) is 13.7. The molecule has 1 spiro atoms. The Kier molecular flexibility index (Phi) is 3.59. The van der Waals surface area contributed by atoms with Gasteiger partial charge in [-0.2, -0.15) is 0 Å². The highest BCUT2D eigenvalue weighted by atomic mass is 16.5. The molecule has 0 aromatic carbocycles. The third kappa shape index (κ3) is 2.49. The molecule has 1 saturated heterocycles. The predicted octanol–water partition coefficient (Wildman–Crippen LogP) is 2.80. The minimum atomic E-state index is 0.114. The lowest BCUT2D eigenvalue weighted by molar-refractivity contribution is -0.138. The number of anilines is 1. The Morgan fingerprint density at radius 1 is 1.45 bits per heavy atom. The molecule has 1 aliphatic carbocycles. The molecule has 2 heterocycles. The van der Waals surface area contributed by atoms with E-state index >= 15 is 0 Å². The lowest BCUT2D eigenvalue weighted by Gasteiger charge is -2.47. The van der Waals surface area contributed by atoms with Crippen molar-refractivity contribution in [1.29, 1.82) is 0 Å². The molecule has 4 nitrogen and oxygen atoms in total. The van der Waals surface area contributed by atoms with E-state index in [2.05, 4.69) is 19.2 Å². The summed E-state index contributed by atoms with van der Waals surface area (Å²) in [4.78, 5) is 12.6. The van der Waals surface area contributed by atoms with Gasteiger partial charge in [0.1, 0.15) is 5.69 Å². The Labute approximate surface area is 120 Å². The number of hydrogen-bond donors (Lipinski definition) is 1. The SMILES string of the molecule is CC(C)Nc1cccn(C2CCCC3(COC3)C2)c1=O. The van der Waals surface area contributed by atoms with Crippen LogP contribution in [0.2, 0.25) is 0 Å². The van der Waals surface area contributed by atoms with Crippen LogP contribution in [0.15, 0.2) is 23.1 Å². The zero-order valence-electron chi connectivity index (χ0n) is 12.4. The van der Waals surface area contributed by atoms with E-state index in [1.54, 1.807) is 0 Å². The monoisotopic (exact) mass is 276 g/mol. The Morgan fingerprint density at radius 3 is 2.90 bits per heavy atom. The van der Waals surface area contributed by atoms with E-state index in [0.717, 1.165) is 26.1 Å². The highest BCUT2D eigenvalue weighted by Crippen LogP contribution is 2.46. The molecule has 2 fully saturated rings. The van der Waals surface area contributed by atoms with Gasteiger partial charge in [-0.15, -0.1) is 0 Å². The largest absolute Gasteiger partial charge is 0.380 e. The van der Waals surface area contributed by atoms with E-state index in [0.29, 0.717) is 17.1 Å². The first-order chi connectivity index (χ1) is 9.60. The van der Waals surface area contributed by atoms with Gasteiger partial charge in [0.2, 0.25) is 0 Å². The number of rotatable bonds is 3. The van der Waals surface area contributed by atoms with Crippen molar-refractivity contribution in [2.24, 2.45) is 5.41 Å². The van der Waals surface area contributed by atoms with Gasteiger partial charge in [0.25, 0.3) is 5.56 Å². The Balaban J connectivity index is 1.84. The second-order valence-electron chi connectivity index (χ2n) is 6.68. The normalized spacial score (nSPS) is 24.6. The molecule has 110 valence electrons.